The number of anilines is 1. The third-order valence-electron chi connectivity index (χ3n) is 3.99. The molecule has 3 heterocycles. The number of methoxy groups -OCH3 is 1. The van der Waals surface area contributed by atoms with Crippen LogP contribution in [0.3, 0.4) is 0 Å². The van der Waals surface area contributed by atoms with Gasteiger partial charge in [0.2, 0.25) is 0 Å². The highest BCUT2D eigenvalue weighted by molar-refractivity contribution is 5.54. The number of rotatable bonds is 4. The topological polar surface area (TPSA) is 64.3 Å². The van der Waals surface area contributed by atoms with Crippen LogP contribution < -0.4 is 4.90 Å². The molecule has 0 spiro atoms. The van der Waals surface area contributed by atoms with Crippen LogP contribution in [0.25, 0.3) is 11.5 Å². The van der Waals surface area contributed by atoms with Gasteiger partial charge in [-0.3, -0.25) is 0 Å². The summed E-state index contributed by atoms with van der Waals surface area (Å²) in [7, 11) is 1.77. The Bertz CT molecular complexity index is 609. The second kappa shape index (κ2) is 6.44. The van der Waals surface area contributed by atoms with Crippen molar-refractivity contribution in [1.29, 1.82) is 0 Å². The lowest BCUT2D eigenvalue weighted by atomic mass is 10.1. The fourth-order valence-corrected chi connectivity index (χ4v) is 2.62. The maximum absolute atomic E-state index is 5.46. The fourth-order valence-electron chi connectivity index (χ4n) is 2.62. The summed E-state index contributed by atoms with van der Waals surface area (Å²) in [6.07, 6.45) is 4.33. The first kappa shape index (κ1) is 15.0. The Kier molecular flexibility index (Phi) is 4.38. The molecule has 6 heteroatoms. The molecule has 1 aliphatic rings. The largest absolute Gasteiger partial charge is 0.380 e. The Balaban J connectivity index is 1.74. The molecule has 1 fully saturated rings. The summed E-state index contributed by atoms with van der Waals surface area (Å²) in [5.74, 6) is 2.47. The zero-order valence-corrected chi connectivity index (χ0v) is 13.3. The first-order valence-electron chi connectivity index (χ1n) is 7.75. The summed E-state index contributed by atoms with van der Waals surface area (Å²) in [5.41, 5.74) is 0.850. The Morgan fingerprint density at radius 2 is 2.23 bits per heavy atom. The summed E-state index contributed by atoms with van der Waals surface area (Å²) in [6.45, 7) is 5.99. The van der Waals surface area contributed by atoms with Crippen molar-refractivity contribution in [2.45, 2.75) is 38.7 Å². The lowest BCUT2D eigenvalue weighted by Gasteiger charge is -2.32. The average molecular weight is 302 g/mol. The van der Waals surface area contributed by atoms with Crippen molar-refractivity contribution in [3.8, 4) is 11.5 Å². The Morgan fingerprint density at radius 3 is 2.86 bits per heavy atom. The highest BCUT2D eigenvalue weighted by atomic mass is 16.5. The van der Waals surface area contributed by atoms with Crippen molar-refractivity contribution in [1.82, 2.24) is 15.1 Å². The van der Waals surface area contributed by atoms with E-state index in [2.05, 4.69) is 20.0 Å². The van der Waals surface area contributed by atoms with E-state index in [1.165, 1.54) is 0 Å². The van der Waals surface area contributed by atoms with Crippen LogP contribution in [-0.4, -0.2) is 41.4 Å². The van der Waals surface area contributed by atoms with Gasteiger partial charge in [-0.2, -0.15) is 4.98 Å². The van der Waals surface area contributed by atoms with E-state index >= 15 is 0 Å². The van der Waals surface area contributed by atoms with Gasteiger partial charge in [0.1, 0.15) is 5.82 Å². The minimum absolute atomic E-state index is 0.254. The number of pyridine rings is 1. The highest BCUT2D eigenvalue weighted by Crippen LogP contribution is 2.23. The first-order valence-corrected chi connectivity index (χ1v) is 7.75. The van der Waals surface area contributed by atoms with Crippen molar-refractivity contribution in [3.63, 3.8) is 0 Å². The van der Waals surface area contributed by atoms with E-state index in [-0.39, 0.29) is 5.92 Å². The third-order valence-corrected chi connectivity index (χ3v) is 3.99. The molecule has 1 atom stereocenters. The molecular weight excluding hydrogens is 280 g/mol. The number of aromatic nitrogens is 3. The van der Waals surface area contributed by atoms with Gasteiger partial charge in [-0.15, -0.1) is 0 Å². The molecule has 0 unspecified atom stereocenters. The summed E-state index contributed by atoms with van der Waals surface area (Å²) in [4.78, 5) is 11.2. The lowest BCUT2D eigenvalue weighted by Crippen LogP contribution is -2.39. The second-order valence-corrected chi connectivity index (χ2v) is 5.96. The third kappa shape index (κ3) is 3.11. The van der Waals surface area contributed by atoms with E-state index < -0.39 is 0 Å². The molecule has 0 radical (unpaired) electrons. The Morgan fingerprint density at radius 1 is 1.36 bits per heavy atom. The standard InChI is InChI=1S/C16H22N4O2/c1-11(2)15-18-16(22-19-15)12-6-7-14(17-9-12)20-8-4-5-13(10-20)21-3/h6-7,9,11,13H,4-5,8,10H2,1-3H3/t13-/m0/s1. The minimum Gasteiger partial charge on any atom is -0.380 e. The van der Waals surface area contributed by atoms with E-state index in [0.29, 0.717) is 12.0 Å². The van der Waals surface area contributed by atoms with Crippen LogP contribution in [0, 0.1) is 0 Å². The normalized spacial score (nSPS) is 18.9. The van der Waals surface area contributed by atoms with Crippen LogP contribution >= 0.6 is 0 Å². The van der Waals surface area contributed by atoms with Crippen LogP contribution in [-0.2, 0) is 4.74 Å². The van der Waals surface area contributed by atoms with E-state index in [9.17, 15) is 0 Å². The van der Waals surface area contributed by atoms with Crippen LogP contribution in [0.4, 0.5) is 5.82 Å². The van der Waals surface area contributed by atoms with Crippen molar-refractivity contribution in [2.75, 3.05) is 25.1 Å². The molecule has 2 aromatic rings. The summed E-state index contributed by atoms with van der Waals surface area (Å²) in [5, 5.41) is 3.98. The van der Waals surface area contributed by atoms with Crippen molar-refractivity contribution >= 4 is 5.82 Å². The predicted octanol–water partition coefficient (Wildman–Crippen LogP) is 2.87. The number of piperidine rings is 1. The van der Waals surface area contributed by atoms with E-state index in [1.54, 1.807) is 13.3 Å². The maximum atomic E-state index is 5.46. The zero-order chi connectivity index (χ0) is 15.5. The average Bonchev–Trinajstić information content (AvgIpc) is 3.05. The number of nitrogens with zero attached hydrogens (tertiary/aromatic N) is 4. The number of hydrogen-bond acceptors (Lipinski definition) is 6. The number of hydrogen-bond donors (Lipinski definition) is 0. The maximum Gasteiger partial charge on any atom is 0.259 e. The number of ether oxygens (including phenoxy) is 1. The molecule has 3 rings (SSSR count). The van der Waals surface area contributed by atoms with Crippen molar-refractivity contribution < 1.29 is 9.26 Å². The van der Waals surface area contributed by atoms with Crippen LogP contribution in [0.5, 0.6) is 0 Å². The van der Waals surface area contributed by atoms with Crippen LogP contribution in [0.1, 0.15) is 38.4 Å². The highest BCUT2D eigenvalue weighted by Gasteiger charge is 2.20. The summed E-state index contributed by atoms with van der Waals surface area (Å²) >= 11 is 0. The van der Waals surface area contributed by atoms with Gasteiger partial charge in [0.05, 0.1) is 11.7 Å². The van der Waals surface area contributed by atoms with Crippen LogP contribution in [0.15, 0.2) is 22.9 Å². The van der Waals surface area contributed by atoms with Crippen LogP contribution in [0.2, 0.25) is 0 Å². The molecule has 0 aromatic carbocycles. The van der Waals surface area contributed by atoms with Gasteiger partial charge in [0.25, 0.3) is 5.89 Å². The molecule has 1 aliphatic heterocycles. The second-order valence-electron chi connectivity index (χ2n) is 5.96. The Hall–Kier alpha value is -1.95. The molecule has 0 amide bonds. The van der Waals surface area contributed by atoms with Crippen molar-refractivity contribution in [3.05, 3.63) is 24.2 Å². The fraction of sp³-hybridized carbons (Fsp3) is 0.562. The Labute approximate surface area is 130 Å². The minimum atomic E-state index is 0.254. The molecule has 6 nitrogen and oxygen atoms in total. The molecule has 1 saturated heterocycles. The van der Waals surface area contributed by atoms with E-state index in [0.717, 1.165) is 43.1 Å². The molecule has 0 bridgehead atoms. The molecule has 0 saturated carbocycles. The van der Waals surface area contributed by atoms with Crippen molar-refractivity contribution in [2.24, 2.45) is 0 Å². The predicted molar refractivity (Wildman–Crippen MR) is 83.9 cm³/mol. The van der Waals surface area contributed by atoms with Gasteiger partial charge >= 0.3 is 0 Å². The zero-order valence-electron chi connectivity index (χ0n) is 13.3. The molecule has 2 aromatic heterocycles. The quantitative estimate of drug-likeness (QED) is 0.865. The van der Waals surface area contributed by atoms with Gasteiger partial charge in [-0.05, 0) is 25.0 Å². The lowest BCUT2D eigenvalue weighted by molar-refractivity contribution is 0.0891. The molecule has 0 N–H and O–H groups in total. The van der Waals surface area contributed by atoms with Gasteiger partial charge in [0, 0.05) is 32.3 Å². The summed E-state index contributed by atoms with van der Waals surface area (Å²) in [6, 6.07) is 3.99. The molecular formula is C16H22N4O2. The first-order chi connectivity index (χ1) is 10.7. The monoisotopic (exact) mass is 302 g/mol. The van der Waals surface area contributed by atoms with E-state index in [1.807, 2.05) is 26.0 Å². The summed E-state index contributed by atoms with van der Waals surface area (Å²) < 4.78 is 10.8. The molecule has 118 valence electrons. The van der Waals surface area contributed by atoms with Gasteiger partial charge in [-0.25, -0.2) is 4.98 Å². The smallest absolute Gasteiger partial charge is 0.259 e. The molecule has 22 heavy (non-hydrogen) atoms. The van der Waals surface area contributed by atoms with Gasteiger partial charge < -0.3 is 14.2 Å². The van der Waals surface area contributed by atoms with Gasteiger partial charge in [-0.1, -0.05) is 19.0 Å². The SMILES string of the molecule is CO[C@H]1CCCN(c2ccc(-c3nc(C(C)C)no3)cn2)C1. The van der Waals surface area contributed by atoms with Gasteiger partial charge in [0.15, 0.2) is 5.82 Å². The van der Waals surface area contributed by atoms with E-state index in [4.69, 9.17) is 9.26 Å². The molecule has 0 aliphatic carbocycles.